The predicted molar refractivity (Wildman–Crippen MR) is 73.9 cm³/mol. The summed E-state index contributed by atoms with van der Waals surface area (Å²) in [6.07, 6.45) is 1.03. The first kappa shape index (κ1) is 15.1. The van der Waals surface area contributed by atoms with Gasteiger partial charge in [-0.3, -0.25) is 0 Å². The Morgan fingerprint density at radius 1 is 1.17 bits per heavy atom. The standard InChI is InChI=1S/C14H25N3O/c1-10(9-15-6-7-18-5)8-14-11(2)16-13(4)17-12(14)3/h10,15H,6-9H2,1-5H3. The summed E-state index contributed by atoms with van der Waals surface area (Å²) in [5.41, 5.74) is 3.52. The van der Waals surface area contributed by atoms with Gasteiger partial charge in [-0.15, -0.1) is 0 Å². The van der Waals surface area contributed by atoms with E-state index in [0.29, 0.717) is 5.92 Å². The number of rotatable bonds is 7. The van der Waals surface area contributed by atoms with Crippen molar-refractivity contribution in [2.45, 2.75) is 34.1 Å². The number of aryl methyl sites for hydroxylation is 3. The molecule has 0 aliphatic carbocycles. The van der Waals surface area contributed by atoms with Crippen LogP contribution in [-0.2, 0) is 11.2 Å². The number of methoxy groups -OCH3 is 1. The molecule has 0 aliphatic heterocycles. The molecule has 0 fully saturated rings. The van der Waals surface area contributed by atoms with Gasteiger partial charge in [0.1, 0.15) is 5.82 Å². The number of ether oxygens (including phenoxy) is 1. The lowest BCUT2D eigenvalue weighted by Crippen LogP contribution is -2.26. The van der Waals surface area contributed by atoms with Crippen LogP contribution in [0.3, 0.4) is 0 Å². The second-order valence-electron chi connectivity index (χ2n) is 4.93. The van der Waals surface area contributed by atoms with Crippen LogP contribution in [0.15, 0.2) is 0 Å². The highest BCUT2D eigenvalue weighted by Gasteiger charge is 2.10. The van der Waals surface area contributed by atoms with Gasteiger partial charge in [-0.25, -0.2) is 9.97 Å². The highest BCUT2D eigenvalue weighted by molar-refractivity contribution is 5.24. The Hall–Kier alpha value is -1.00. The molecule has 0 aromatic carbocycles. The third-order valence-corrected chi connectivity index (χ3v) is 3.06. The van der Waals surface area contributed by atoms with Crippen molar-refractivity contribution < 1.29 is 4.74 Å². The Balaban J connectivity index is 2.51. The summed E-state index contributed by atoms with van der Waals surface area (Å²) in [5.74, 6) is 1.44. The zero-order valence-corrected chi connectivity index (χ0v) is 12.2. The SMILES string of the molecule is COCCNCC(C)Cc1c(C)nc(C)nc1C. The third kappa shape index (κ3) is 4.70. The maximum Gasteiger partial charge on any atom is 0.125 e. The van der Waals surface area contributed by atoms with Gasteiger partial charge in [-0.2, -0.15) is 0 Å². The molecule has 0 saturated carbocycles. The summed E-state index contributed by atoms with van der Waals surface area (Å²) >= 11 is 0. The van der Waals surface area contributed by atoms with Gasteiger partial charge in [-0.05, 0) is 45.2 Å². The topological polar surface area (TPSA) is 47.0 Å². The minimum atomic E-state index is 0.575. The Morgan fingerprint density at radius 2 is 1.78 bits per heavy atom. The van der Waals surface area contributed by atoms with Crippen LogP contribution in [0.4, 0.5) is 0 Å². The molecule has 1 rings (SSSR count). The number of hydrogen-bond acceptors (Lipinski definition) is 4. The number of nitrogens with one attached hydrogen (secondary N) is 1. The van der Waals surface area contributed by atoms with Crippen LogP contribution >= 0.6 is 0 Å². The molecule has 1 heterocycles. The lowest BCUT2D eigenvalue weighted by molar-refractivity contribution is 0.198. The smallest absolute Gasteiger partial charge is 0.125 e. The van der Waals surface area contributed by atoms with Gasteiger partial charge in [0.05, 0.1) is 6.61 Å². The fourth-order valence-electron chi connectivity index (χ4n) is 2.15. The summed E-state index contributed by atoms with van der Waals surface area (Å²) in [4.78, 5) is 8.89. The highest BCUT2D eigenvalue weighted by Crippen LogP contribution is 2.15. The van der Waals surface area contributed by atoms with Gasteiger partial charge in [-0.1, -0.05) is 6.92 Å². The Labute approximate surface area is 110 Å². The first-order valence-electron chi connectivity index (χ1n) is 6.55. The average molecular weight is 251 g/mol. The second kappa shape index (κ2) is 7.44. The van der Waals surface area contributed by atoms with Crippen LogP contribution in [0.5, 0.6) is 0 Å². The highest BCUT2D eigenvalue weighted by atomic mass is 16.5. The number of aromatic nitrogens is 2. The molecule has 0 radical (unpaired) electrons. The monoisotopic (exact) mass is 251 g/mol. The zero-order chi connectivity index (χ0) is 13.5. The normalized spacial score (nSPS) is 12.7. The van der Waals surface area contributed by atoms with Gasteiger partial charge >= 0.3 is 0 Å². The first-order chi connectivity index (χ1) is 8.54. The fourth-order valence-corrected chi connectivity index (χ4v) is 2.15. The third-order valence-electron chi connectivity index (χ3n) is 3.06. The van der Waals surface area contributed by atoms with Crippen LogP contribution in [0.2, 0.25) is 0 Å². The summed E-state index contributed by atoms with van der Waals surface area (Å²) in [7, 11) is 1.72. The molecule has 0 amide bonds. The molecule has 1 aromatic rings. The van der Waals surface area contributed by atoms with E-state index in [1.54, 1.807) is 7.11 Å². The van der Waals surface area contributed by atoms with E-state index in [9.17, 15) is 0 Å². The van der Waals surface area contributed by atoms with Crippen molar-refractivity contribution in [3.05, 3.63) is 22.8 Å². The van der Waals surface area contributed by atoms with E-state index in [1.807, 2.05) is 6.92 Å². The lowest BCUT2D eigenvalue weighted by Gasteiger charge is -2.15. The van der Waals surface area contributed by atoms with E-state index in [1.165, 1.54) is 5.56 Å². The molecule has 1 atom stereocenters. The molecule has 102 valence electrons. The van der Waals surface area contributed by atoms with E-state index >= 15 is 0 Å². The molecule has 0 aliphatic rings. The van der Waals surface area contributed by atoms with Gasteiger partial charge in [0, 0.05) is 25.0 Å². The molecular formula is C14H25N3O. The van der Waals surface area contributed by atoms with E-state index in [4.69, 9.17) is 4.74 Å². The van der Waals surface area contributed by atoms with E-state index in [0.717, 1.165) is 43.3 Å². The zero-order valence-electron chi connectivity index (χ0n) is 12.2. The molecule has 1 unspecified atom stereocenters. The number of hydrogen-bond donors (Lipinski definition) is 1. The Bertz CT molecular complexity index is 356. The van der Waals surface area contributed by atoms with Crippen molar-refractivity contribution in [3.63, 3.8) is 0 Å². The fraction of sp³-hybridized carbons (Fsp3) is 0.714. The van der Waals surface area contributed by atoms with Gasteiger partial charge < -0.3 is 10.1 Å². The molecule has 0 spiro atoms. The minimum Gasteiger partial charge on any atom is -0.383 e. The summed E-state index contributed by atoms with van der Waals surface area (Å²) < 4.78 is 5.01. The Kier molecular flexibility index (Phi) is 6.22. The van der Waals surface area contributed by atoms with Crippen molar-refractivity contribution in [3.8, 4) is 0 Å². The van der Waals surface area contributed by atoms with Gasteiger partial charge in [0.25, 0.3) is 0 Å². The van der Waals surface area contributed by atoms with Gasteiger partial charge in [0.15, 0.2) is 0 Å². The molecule has 1 N–H and O–H groups in total. The molecular weight excluding hydrogens is 226 g/mol. The molecule has 18 heavy (non-hydrogen) atoms. The average Bonchev–Trinajstić information content (AvgIpc) is 2.29. The lowest BCUT2D eigenvalue weighted by atomic mass is 9.98. The van der Waals surface area contributed by atoms with Crippen molar-refractivity contribution in [2.24, 2.45) is 5.92 Å². The maximum atomic E-state index is 5.01. The molecule has 4 heteroatoms. The summed E-state index contributed by atoms with van der Waals surface area (Å²) in [6.45, 7) is 11.0. The van der Waals surface area contributed by atoms with Crippen molar-refractivity contribution >= 4 is 0 Å². The van der Waals surface area contributed by atoms with Crippen LogP contribution in [0, 0.1) is 26.7 Å². The van der Waals surface area contributed by atoms with Crippen LogP contribution < -0.4 is 5.32 Å². The van der Waals surface area contributed by atoms with Crippen molar-refractivity contribution in [1.29, 1.82) is 0 Å². The second-order valence-corrected chi connectivity index (χ2v) is 4.93. The quantitative estimate of drug-likeness (QED) is 0.751. The predicted octanol–water partition coefficient (Wildman–Crippen LogP) is 1.82. The first-order valence-corrected chi connectivity index (χ1v) is 6.55. The number of nitrogens with zero attached hydrogens (tertiary/aromatic N) is 2. The van der Waals surface area contributed by atoms with E-state index < -0.39 is 0 Å². The summed E-state index contributed by atoms with van der Waals surface area (Å²) in [6, 6.07) is 0. The Morgan fingerprint density at radius 3 is 2.33 bits per heavy atom. The van der Waals surface area contributed by atoms with Crippen LogP contribution in [-0.4, -0.2) is 36.8 Å². The van der Waals surface area contributed by atoms with Crippen molar-refractivity contribution in [1.82, 2.24) is 15.3 Å². The van der Waals surface area contributed by atoms with Crippen LogP contribution in [0.25, 0.3) is 0 Å². The maximum absolute atomic E-state index is 5.01. The molecule has 1 aromatic heterocycles. The van der Waals surface area contributed by atoms with Gasteiger partial charge in [0.2, 0.25) is 0 Å². The largest absolute Gasteiger partial charge is 0.383 e. The molecule has 0 bridgehead atoms. The minimum absolute atomic E-state index is 0.575. The van der Waals surface area contributed by atoms with Crippen LogP contribution in [0.1, 0.15) is 29.7 Å². The van der Waals surface area contributed by atoms with E-state index in [-0.39, 0.29) is 0 Å². The summed E-state index contributed by atoms with van der Waals surface area (Å²) in [5, 5.41) is 3.39. The van der Waals surface area contributed by atoms with Crippen molar-refractivity contribution in [2.75, 3.05) is 26.8 Å². The molecule has 4 nitrogen and oxygen atoms in total. The van der Waals surface area contributed by atoms with E-state index in [2.05, 4.69) is 36.1 Å². The molecule has 0 saturated heterocycles.